The van der Waals surface area contributed by atoms with Crippen LogP contribution in [0.4, 0.5) is 15.0 Å². The second-order valence-electron chi connectivity index (χ2n) is 8.45. The minimum atomic E-state index is -0.934. The van der Waals surface area contributed by atoms with Crippen molar-refractivity contribution in [1.29, 1.82) is 0 Å². The van der Waals surface area contributed by atoms with Gasteiger partial charge in [0.05, 0.1) is 17.3 Å². The zero-order valence-electron chi connectivity index (χ0n) is 18.6. The minimum Gasteiger partial charge on any atom is -0.465 e. The van der Waals surface area contributed by atoms with E-state index in [4.69, 9.17) is 0 Å². The van der Waals surface area contributed by atoms with Crippen LogP contribution in [-0.4, -0.2) is 65.6 Å². The zero-order valence-corrected chi connectivity index (χ0v) is 18.6. The van der Waals surface area contributed by atoms with E-state index in [2.05, 4.69) is 20.0 Å². The van der Waals surface area contributed by atoms with Crippen LogP contribution >= 0.6 is 0 Å². The van der Waals surface area contributed by atoms with Gasteiger partial charge >= 0.3 is 6.09 Å². The van der Waals surface area contributed by atoms with Crippen molar-refractivity contribution < 1.29 is 14.3 Å². The van der Waals surface area contributed by atoms with Gasteiger partial charge in [-0.3, -0.25) is 9.25 Å². The van der Waals surface area contributed by atoms with E-state index in [9.17, 15) is 14.3 Å². The average molecular weight is 449 g/mol. The summed E-state index contributed by atoms with van der Waals surface area (Å²) in [6, 6.07) is 6.29. The first-order chi connectivity index (χ1) is 15.8. The first kappa shape index (κ1) is 20.9. The van der Waals surface area contributed by atoms with Crippen molar-refractivity contribution in [2.45, 2.75) is 25.9 Å². The number of fused-ring (bicyclic) bond motifs is 1. The summed E-state index contributed by atoms with van der Waals surface area (Å²) in [5.74, 6) is 0.319. The Balaban J connectivity index is 1.73. The molecule has 10 heteroatoms. The highest BCUT2D eigenvalue weighted by atomic mass is 19.1. The molecule has 0 bridgehead atoms. The van der Waals surface area contributed by atoms with Gasteiger partial charge in [0, 0.05) is 55.7 Å². The molecule has 4 aromatic rings. The number of hydrogen-bond acceptors (Lipinski definition) is 5. The first-order valence-electron chi connectivity index (χ1n) is 10.7. The van der Waals surface area contributed by atoms with Gasteiger partial charge in [-0.1, -0.05) is 18.2 Å². The molecule has 5 rings (SSSR count). The highest BCUT2D eigenvalue weighted by Gasteiger charge is 2.34. The number of carbonyl (C=O) groups is 1. The minimum absolute atomic E-state index is 0.120. The molecule has 33 heavy (non-hydrogen) atoms. The van der Waals surface area contributed by atoms with Crippen molar-refractivity contribution in [3.05, 3.63) is 55.0 Å². The van der Waals surface area contributed by atoms with E-state index in [1.807, 2.05) is 37.9 Å². The van der Waals surface area contributed by atoms with Crippen LogP contribution < -0.4 is 4.90 Å². The van der Waals surface area contributed by atoms with E-state index >= 15 is 0 Å². The largest absolute Gasteiger partial charge is 0.465 e. The molecule has 1 aliphatic heterocycles. The highest BCUT2D eigenvalue weighted by molar-refractivity contribution is 6.02. The van der Waals surface area contributed by atoms with Crippen molar-refractivity contribution in [3.8, 4) is 16.8 Å². The fraction of sp³-hybridized carbons (Fsp3) is 0.304. The number of piperazine rings is 1. The molecule has 3 aromatic heterocycles. The summed E-state index contributed by atoms with van der Waals surface area (Å²) in [6.07, 6.45) is 6.01. The Morgan fingerprint density at radius 1 is 1.09 bits per heavy atom. The van der Waals surface area contributed by atoms with Crippen LogP contribution in [0.1, 0.15) is 13.8 Å². The van der Waals surface area contributed by atoms with E-state index < -0.39 is 6.09 Å². The second-order valence-corrected chi connectivity index (χ2v) is 8.45. The van der Waals surface area contributed by atoms with Crippen LogP contribution in [0.15, 0.2) is 49.2 Å². The molecule has 0 aliphatic carbocycles. The summed E-state index contributed by atoms with van der Waals surface area (Å²) >= 11 is 0. The van der Waals surface area contributed by atoms with Gasteiger partial charge in [-0.05, 0) is 19.9 Å². The number of carboxylic acid groups (broad SMARTS) is 1. The topological polar surface area (TPSA) is 92.3 Å². The van der Waals surface area contributed by atoms with Crippen LogP contribution in [0.25, 0.3) is 27.8 Å². The Labute approximate surface area is 189 Å². The van der Waals surface area contributed by atoms with Crippen molar-refractivity contribution in [3.63, 3.8) is 0 Å². The Morgan fingerprint density at radius 2 is 1.88 bits per heavy atom. The van der Waals surface area contributed by atoms with E-state index in [0.29, 0.717) is 41.1 Å². The molecule has 1 N–H and O–H groups in total. The summed E-state index contributed by atoms with van der Waals surface area (Å²) < 4.78 is 18.5. The van der Waals surface area contributed by atoms with E-state index in [1.54, 1.807) is 29.1 Å². The lowest BCUT2D eigenvalue weighted by Gasteiger charge is -2.43. The number of hydrogen-bond donors (Lipinski definition) is 1. The predicted octanol–water partition coefficient (Wildman–Crippen LogP) is 3.54. The quantitative estimate of drug-likeness (QED) is 0.514. The number of aryl methyl sites for hydroxylation is 1. The molecular weight excluding hydrogens is 425 g/mol. The van der Waals surface area contributed by atoms with Gasteiger partial charge in [0.25, 0.3) is 0 Å². The average Bonchev–Trinajstić information content (AvgIpc) is 3.39. The summed E-state index contributed by atoms with van der Waals surface area (Å²) in [5, 5.41) is 14.5. The van der Waals surface area contributed by atoms with Gasteiger partial charge in [-0.2, -0.15) is 5.10 Å². The Bertz CT molecular complexity index is 1350. The molecule has 9 nitrogen and oxygen atoms in total. The molecule has 1 aromatic carbocycles. The predicted molar refractivity (Wildman–Crippen MR) is 122 cm³/mol. The van der Waals surface area contributed by atoms with Gasteiger partial charge in [0.15, 0.2) is 5.65 Å². The SMILES string of the molecule is CC1CN(c2ncnc3c2c(-c2ccccc2F)cn3-c2cnn(C)c2)C(C)CN1C(=O)O. The summed E-state index contributed by atoms with van der Waals surface area (Å²) in [7, 11) is 1.83. The summed E-state index contributed by atoms with van der Waals surface area (Å²) in [5.41, 5.74) is 2.55. The van der Waals surface area contributed by atoms with E-state index in [-0.39, 0.29) is 17.9 Å². The maximum Gasteiger partial charge on any atom is 0.407 e. The van der Waals surface area contributed by atoms with Crippen molar-refractivity contribution in [1.82, 2.24) is 29.2 Å². The molecule has 0 radical (unpaired) electrons. The summed E-state index contributed by atoms with van der Waals surface area (Å²) in [4.78, 5) is 24.3. The van der Waals surface area contributed by atoms with Crippen LogP contribution in [0.3, 0.4) is 0 Å². The third-order valence-electron chi connectivity index (χ3n) is 6.20. The fourth-order valence-electron chi connectivity index (χ4n) is 4.57. The molecule has 1 amide bonds. The standard InChI is InChI=1S/C23H24FN7O2/c1-14-10-30(23(32)33)15(2)9-29(14)21-20-18(17-6-4-5-7-19(17)24)12-31(22(20)26-13-25-21)16-8-27-28(3)11-16/h4-8,11-15H,9-10H2,1-3H3,(H,32,33). The second kappa shape index (κ2) is 7.88. The van der Waals surface area contributed by atoms with E-state index in [1.165, 1.54) is 17.3 Å². The molecule has 170 valence electrons. The third-order valence-corrected chi connectivity index (χ3v) is 6.20. The van der Waals surface area contributed by atoms with Gasteiger partial charge < -0.3 is 14.9 Å². The number of anilines is 1. The molecule has 1 aliphatic rings. The lowest BCUT2D eigenvalue weighted by atomic mass is 10.0. The van der Waals surface area contributed by atoms with Crippen LogP contribution in [0.2, 0.25) is 0 Å². The zero-order chi connectivity index (χ0) is 23.3. The number of aromatic nitrogens is 5. The fourth-order valence-corrected chi connectivity index (χ4v) is 4.57. The number of benzene rings is 1. The molecule has 1 saturated heterocycles. The number of amides is 1. The lowest BCUT2D eigenvalue weighted by molar-refractivity contribution is 0.114. The normalized spacial score (nSPS) is 18.8. The van der Waals surface area contributed by atoms with Gasteiger partial charge in [-0.15, -0.1) is 0 Å². The first-order valence-corrected chi connectivity index (χ1v) is 10.7. The number of rotatable bonds is 3. The highest BCUT2D eigenvalue weighted by Crippen LogP contribution is 2.39. The molecule has 1 fully saturated rings. The Kier molecular flexibility index (Phi) is 4.99. The van der Waals surface area contributed by atoms with Crippen molar-refractivity contribution >= 4 is 22.9 Å². The smallest absolute Gasteiger partial charge is 0.407 e. The maximum absolute atomic E-state index is 14.9. The molecule has 2 unspecified atom stereocenters. The molecule has 2 atom stereocenters. The van der Waals surface area contributed by atoms with Gasteiger partial charge in [0.2, 0.25) is 0 Å². The molecular formula is C23H24FN7O2. The molecule has 0 saturated carbocycles. The van der Waals surface area contributed by atoms with Crippen molar-refractivity contribution in [2.24, 2.45) is 7.05 Å². The van der Waals surface area contributed by atoms with Crippen LogP contribution in [-0.2, 0) is 7.05 Å². The maximum atomic E-state index is 14.9. The van der Waals surface area contributed by atoms with Gasteiger partial charge in [-0.25, -0.2) is 19.2 Å². The van der Waals surface area contributed by atoms with Crippen molar-refractivity contribution in [2.75, 3.05) is 18.0 Å². The van der Waals surface area contributed by atoms with Crippen LogP contribution in [0.5, 0.6) is 0 Å². The Morgan fingerprint density at radius 3 is 2.58 bits per heavy atom. The Hall–Kier alpha value is -3.95. The lowest BCUT2D eigenvalue weighted by Crippen LogP contribution is -2.58. The molecule has 0 spiro atoms. The third kappa shape index (κ3) is 3.47. The van der Waals surface area contributed by atoms with E-state index in [0.717, 1.165) is 5.69 Å². The van der Waals surface area contributed by atoms with Crippen LogP contribution in [0, 0.1) is 5.82 Å². The van der Waals surface area contributed by atoms with Gasteiger partial charge in [0.1, 0.15) is 18.0 Å². The number of nitrogens with zero attached hydrogens (tertiary/aromatic N) is 7. The number of halogens is 1. The molecule has 4 heterocycles. The summed E-state index contributed by atoms with van der Waals surface area (Å²) in [6.45, 7) is 4.66. The monoisotopic (exact) mass is 449 g/mol.